The Morgan fingerprint density at radius 3 is 2.90 bits per heavy atom. The van der Waals surface area contributed by atoms with Gasteiger partial charge in [-0.2, -0.15) is 4.31 Å². The number of aliphatic hydroxyl groups excluding tert-OH is 1. The number of carbonyl (C=O) groups is 1. The maximum Gasteiger partial charge on any atom is 0.272 e. The second kappa shape index (κ2) is 6.34. The average Bonchev–Trinajstić information content (AvgIpc) is 2.96. The Hall–Kier alpha value is -1.10. The standard InChI is InChI=1S/C11H18N4O4S2/c1-7(16)6-9-4-3-5-15(9)21(18,19)11-14-13-10(20-11)12-8(2)17/h7,9,16H,3-6H2,1-2H3,(H,12,13,17). The molecule has 1 aromatic rings. The van der Waals surface area contributed by atoms with E-state index in [9.17, 15) is 18.3 Å². The number of anilines is 1. The first-order valence-electron chi connectivity index (χ1n) is 6.61. The SMILES string of the molecule is CC(=O)Nc1nnc(S(=O)(=O)N2CCCC2CC(C)O)s1. The number of hydrogen-bond donors (Lipinski definition) is 2. The Kier molecular flexibility index (Phi) is 4.91. The van der Waals surface area contributed by atoms with Gasteiger partial charge in [0.2, 0.25) is 15.4 Å². The van der Waals surface area contributed by atoms with E-state index in [0.717, 1.165) is 24.2 Å². The molecule has 0 aliphatic carbocycles. The third-order valence-electron chi connectivity index (χ3n) is 3.16. The van der Waals surface area contributed by atoms with Gasteiger partial charge in [0.25, 0.3) is 10.0 Å². The van der Waals surface area contributed by atoms with Crippen molar-refractivity contribution in [3.05, 3.63) is 0 Å². The predicted octanol–water partition coefficient (Wildman–Crippen LogP) is 0.421. The average molecular weight is 334 g/mol. The van der Waals surface area contributed by atoms with Crippen LogP contribution in [0.25, 0.3) is 0 Å². The fourth-order valence-electron chi connectivity index (χ4n) is 2.37. The molecule has 1 aliphatic heterocycles. The number of amides is 1. The van der Waals surface area contributed by atoms with Crippen molar-refractivity contribution in [3.8, 4) is 0 Å². The third kappa shape index (κ3) is 3.76. The van der Waals surface area contributed by atoms with Crippen LogP contribution in [-0.2, 0) is 14.8 Å². The van der Waals surface area contributed by atoms with Crippen LogP contribution in [0.2, 0.25) is 0 Å². The molecule has 2 N–H and O–H groups in total. The third-order valence-corrected chi connectivity index (χ3v) is 6.29. The molecule has 1 aromatic heterocycles. The first-order chi connectivity index (χ1) is 9.80. The second-order valence-electron chi connectivity index (χ2n) is 5.05. The Bertz CT molecular complexity index is 613. The molecule has 1 amide bonds. The van der Waals surface area contributed by atoms with E-state index in [0.29, 0.717) is 13.0 Å². The van der Waals surface area contributed by atoms with E-state index in [1.54, 1.807) is 6.92 Å². The van der Waals surface area contributed by atoms with Gasteiger partial charge in [-0.3, -0.25) is 4.79 Å². The highest BCUT2D eigenvalue weighted by molar-refractivity contribution is 7.91. The summed E-state index contributed by atoms with van der Waals surface area (Å²) in [6.07, 6.45) is 1.32. The quantitative estimate of drug-likeness (QED) is 0.755. The minimum Gasteiger partial charge on any atom is -0.393 e. The van der Waals surface area contributed by atoms with Crippen LogP contribution in [0.3, 0.4) is 0 Å². The first kappa shape index (κ1) is 16.3. The van der Waals surface area contributed by atoms with Gasteiger partial charge in [0.1, 0.15) is 0 Å². The minimum absolute atomic E-state index is 0.135. The molecule has 8 nitrogen and oxygen atoms in total. The Labute approximate surface area is 127 Å². The fourth-order valence-corrected chi connectivity index (χ4v) is 5.14. The summed E-state index contributed by atoms with van der Waals surface area (Å²) in [5.41, 5.74) is 0. The lowest BCUT2D eigenvalue weighted by atomic mass is 10.1. The maximum atomic E-state index is 12.6. The molecular weight excluding hydrogens is 316 g/mol. The molecule has 0 radical (unpaired) electrons. The van der Waals surface area contributed by atoms with Crippen molar-refractivity contribution in [1.82, 2.24) is 14.5 Å². The van der Waals surface area contributed by atoms with Crippen LogP contribution in [0.1, 0.15) is 33.1 Å². The van der Waals surface area contributed by atoms with Crippen molar-refractivity contribution in [1.29, 1.82) is 0 Å². The normalized spacial score (nSPS) is 21.4. The number of hydrogen-bond acceptors (Lipinski definition) is 7. The lowest BCUT2D eigenvalue weighted by molar-refractivity contribution is -0.114. The zero-order chi connectivity index (χ0) is 15.6. The zero-order valence-electron chi connectivity index (χ0n) is 11.8. The van der Waals surface area contributed by atoms with E-state index >= 15 is 0 Å². The van der Waals surface area contributed by atoms with Gasteiger partial charge >= 0.3 is 0 Å². The van der Waals surface area contributed by atoms with E-state index < -0.39 is 16.1 Å². The number of aromatic nitrogens is 2. The monoisotopic (exact) mass is 334 g/mol. The highest BCUT2D eigenvalue weighted by atomic mass is 32.2. The molecule has 0 saturated carbocycles. The highest BCUT2D eigenvalue weighted by Crippen LogP contribution is 2.30. The van der Waals surface area contributed by atoms with Crippen LogP contribution >= 0.6 is 11.3 Å². The van der Waals surface area contributed by atoms with Crippen LogP contribution in [0, 0.1) is 0 Å². The first-order valence-corrected chi connectivity index (χ1v) is 8.87. The molecule has 118 valence electrons. The van der Waals surface area contributed by atoms with Crippen molar-refractivity contribution < 1.29 is 18.3 Å². The number of nitrogens with one attached hydrogen (secondary N) is 1. The van der Waals surface area contributed by atoms with Crippen LogP contribution < -0.4 is 5.32 Å². The number of carbonyl (C=O) groups excluding carboxylic acids is 1. The Balaban J connectivity index is 2.20. The van der Waals surface area contributed by atoms with E-state index in [4.69, 9.17) is 0 Å². The van der Waals surface area contributed by atoms with Crippen LogP contribution in [0.15, 0.2) is 4.34 Å². The van der Waals surface area contributed by atoms with E-state index in [1.165, 1.54) is 11.2 Å². The molecule has 1 saturated heterocycles. The Morgan fingerprint density at radius 2 is 2.29 bits per heavy atom. The summed E-state index contributed by atoms with van der Waals surface area (Å²) in [7, 11) is -3.73. The molecule has 10 heteroatoms. The van der Waals surface area contributed by atoms with Crippen LogP contribution in [0.4, 0.5) is 5.13 Å². The Morgan fingerprint density at radius 1 is 1.57 bits per heavy atom. The highest BCUT2D eigenvalue weighted by Gasteiger charge is 2.37. The van der Waals surface area contributed by atoms with Gasteiger partial charge in [-0.1, -0.05) is 11.3 Å². The lowest BCUT2D eigenvalue weighted by Gasteiger charge is -2.23. The molecule has 21 heavy (non-hydrogen) atoms. The van der Waals surface area contributed by atoms with Gasteiger partial charge < -0.3 is 10.4 Å². The summed E-state index contributed by atoms with van der Waals surface area (Å²) in [5.74, 6) is -0.330. The number of aliphatic hydroxyl groups is 1. The summed E-state index contributed by atoms with van der Waals surface area (Å²) < 4.78 is 26.4. The van der Waals surface area contributed by atoms with Crippen molar-refractivity contribution in [2.24, 2.45) is 0 Å². The molecule has 0 bridgehead atoms. The maximum absolute atomic E-state index is 12.6. The number of rotatable bonds is 5. The summed E-state index contributed by atoms with van der Waals surface area (Å²) >= 11 is 0.830. The summed E-state index contributed by atoms with van der Waals surface area (Å²) in [4.78, 5) is 10.9. The van der Waals surface area contributed by atoms with Gasteiger partial charge in [-0.25, -0.2) is 8.42 Å². The molecule has 2 atom stereocenters. The fraction of sp³-hybridized carbons (Fsp3) is 0.727. The lowest BCUT2D eigenvalue weighted by Crippen LogP contribution is -2.37. The van der Waals surface area contributed by atoms with E-state index in [-0.39, 0.29) is 21.4 Å². The summed E-state index contributed by atoms with van der Waals surface area (Å²) in [6, 6.07) is -0.219. The zero-order valence-corrected chi connectivity index (χ0v) is 13.4. The molecule has 2 rings (SSSR count). The topological polar surface area (TPSA) is 112 Å². The van der Waals surface area contributed by atoms with Crippen molar-refractivity contribution in [2.75, 3.05) is 11.9 Å². The van der Waals surface area contributed by atoms with Gasteiger partial charge in [0.05, 0.1) is 6.10 Å². The molecule has 2 heterocycles. The minimum atomic E-state index is -3.73. The largest absolute Gasteiger partial charge is 0.393 e. The van der Waals surface area contributed by atoms with E-state index in [1.807, 2.05) is 0 Å². The molecule has 0 aromatic carbocycles. The van der Waals surface area contributed by atoms with Crippen molar-refractivity contribution in [3.63, 3.8) is 0 Å². The second-order valence-corrected chi connectivity index (χ2v) is 8.09. The van der Waals surface area contributed by atoms with Crippen molar-refractivity contribution >= 4 is 32.4 Å². The summed E-state index contributed by atoms with van der Waals surface area (Å²) in [6.45, 7) is 3.37. The number of nitrogens with zero attached hydrogens (tertiary/aromatic N) is 3. The van der Waals surface area contributed by atoms with Crippen LogP contribution in [0.5, 0.6) is 0 Å². The molecule has 0 spiro atoms. The molecule has 2 unspecified atom stereocenters. The van der Waals surface area contributed by atoms with Crippen molar-refractivity contribution in [2.45, 2.75) is 49.6 Å². The molecule has 1 fully saturated rings. The molecular formula is C11H18N4O4S2. The number of sulfonamides is 1. The van der Waals surface area contributed by atoms with E-state index in [2.05, 4.69) is 15.5 Å². The predicted molar refractivity (Wildman–Crippen MR) is 77.4 cm³/mol. The van der Waals surface area contributed by atoms with Crippen LogP contribution in [-0.4, -0.2) is 52.6 Å². The molecule has 1 aliphatic rings. The van der Waals surface area contributed by atoms with Gasteiger partial charge in [-0.05, 0) is 26.2 Å². The smallest absolute Gasteiger partial charge is 0.272 e. The van der Waals surface area contributed by atoms with Gasteiger partial charge in [0.15, 0.2) is 0 Å². The summed E-state index contributed by atoms with van der Waals surface area (Å²) in [5, 5.41) is 19.4. The van der Waals surface area contributed by atoms with Gasteiger partial charge in [-0.15, -0.1) is 10.2 Å². The van der Waals surface area contributed by atoms with Gasteiger partial charge in [0, 0.05) is 19.5 Å².